The minimum Gasteiger partial charge on any atom is -0.450 e. The van der Waals surface area contributed by atoms with Crippen LogP contribution in [0.4, 0.5) is 9.59 Å². The topological polar surface area (TPSA) is 76.7 Å². The van der Waals surface area contributed by atoms with Gasteiger partial charge in [0, 0.05) is 25.9 Å². The maximum atomic E-state index is 11.0. The van der Waals surface area contributed by atoms with Gasteiger partial charge in [-0.1, -0.05) is 11.8 Å². The number of amides is 2. The third kappa shape index (κ3) is 16.0. The van der Waals surface area contributed by atoms with Gasteiger partial charge in [-0.3, -0.25) is 0 Å². The van der Waals surface area contributed by atoms with Crippen molar-refractivity contribution in [1.82, 2.24) is 10.6 Å². The third-order valence-electron chi connectivity index (χ3n) is 2.74. The minimum atomic E-state index is -0.370. The molecule has 0 spiro atoms. The summed E-state index contributed by atoms with van der Waals surface area (Å²) in [4.78, 5) is 22.0. The van der Waals surface area contributed by atoms with Gasteiger partial charge in [-0.25, -0.2) is 9.59 Å². The van der Waals surface area contributed by atoms with Crippen molar-refractivity contribution in [2.24, 2.45) is 0 Å². The Hall–Kier alpha value is -2.34. The second kappa shape index (κ2) is 17.0. The lowest BCUT2D eigenvalue weighted by molar-refractivity contribution is 0.144. The van der Waals surface area contributed by atoms with E-state index in [2.05, 4.69) is 34.3 Å². The maximum absolute atomic E-state index is 11.0. The summed E-state index contributed by atoms with van der Waals surface area (Å²) in [5.74, 6) is 11.6. The van der Waals surface area contributed by atoms with E-state index in [1.54, 1.807) is 0 Å². The van der Waals surface area contributed by atoms with Crippen LogP contribution in [0.15, 0.2) is 0 Å². The highest BCUT2D eigenvalue weighted by Crippen LogP contribution is 1.96. The fourth-order valence-corrected chi connectivity index (χ4v) is 1.56. The van der Waals surface area contributed by atoms with Crippen LogP contribution in [0.25, 0.3) is 0 Å². The van der Waals surface area contributed by atoms with Crippen LogP contribution in [0, 0.1) is 23.7 Å². The van der Waals surface area contributed by atoms with Crippen LogP contribution in [0.1, 0.15) is 52.4 Å². The molecule has 2 amide bonds. The summed E-state index contributed by atoms with van der Waals surface area (Å²) in [7, 11) is 0. The zero-order valence-corrected chi connectivity index (χ0v) is 14.7. The van der Waals surface area contributed by atoms with Crippen molar-refractivity contribution in [2.45, 2.75) is 52.4 Å². The van der Waals surface area contributed by atoms with Crippen LogP contribution in [0.5, 0.6) is 0 Å². The van der Waals surface area contributed by atoms with Gasteiger partial charge in [-0.05, 0) is 51.4 Å². The van der Waals surface area contributed by atoms with E-state index in [9.17, 15) is 9.59 Å². The Labute approximate surface area is 145 Å². The van der Waals surface area contributed by atoms with Crippen LogP contribution in [-0.2, 0) is 9.47 Å². The van der Waals surface area contributed by atoms with Gasteiger partial charge in [0.25, 0.3) is 0 Å². The van der Waals surface area contributed by atoms with Gasteiger partial charge in [0.1, 0.15) is 0 Å². The number of hydrogen-bond acceptors (Lipinski definition) is 4. The van der Waals surface area contributed by atoms with Crippen molar-refractivity contribution in [2.75, 3.05) is 26.3 Å². The summed E-state index contributed by atoms with van der Waals surface area (Å²) in [6.07, 6.45) is 4.10. The Morgan fingerprint density at radius 2 is 1.17 bits per heavy atom. The Morgan fingerprint density at radius 3 is 1.54 bits per heavy atom. The van der Waals surface area contributed by atoms with Gasteiger partial charge in [0.15, 0.2) is 0 Å². The molecule has 134 valence electrons. The van der Waals surface area contributed by atoms with Crippen LogP contribution in [0.3, 0.4) is 0 Å². The maximum Gasteiger partial charge on any atom is 0.407 e. The second-order valence-corrected chi connectivity index (χ2v) is 4.85. The van der Waals surface area contributed by atoms with E-state index in [4.69, 9.17) is 9.47 Å². The monoisotopic (exact) mass is 336 g/mol. The molecule has 0 saturated heterocycles. The van der Waals surface area contributed by atoms with Gasteiger partial charge in [0.05, 0.1) is 13.2 Å². The average Bonchev–Trinajstić information content (AvgIpc) is 2.55. The van der Waals surface area contributed by atoms with Crippen LogP contribution in [-0.4, -0.2) is 38.5 Å². The van der Waals surface area contributed by atoms with Crippen LogP contribution in [0.2, 0.25) is 0 Å². The molecule has 6 heteroatoms. The quantitative estimate of drug-likeness (QED) is 0.475. The molecule has 0 aliphatic carbocycles. The first-order valence-electron chi connectivity index (χ1n) is 8.47. The zero-order valence-electron chi connectivity index (χ0n) is 14.7. The van der Waals surface area contributed by atoms with E-state index in [0.29, 0.717) is 26.3 Å². The summed E-state index contributed by atoms with van der Waals surface area (Å²) < 4.78 is 9.88. The third-order valence-corrected chi connectivity index (χ3v) is 2.74. The first-order valence-corrected chi connectivity index (χ1v) is 8.47. The van der Waals surface area contributed by atoms with Crippen LogP contribution < -0.4 is 10.6 Å². The van der Waals surface area contributed by atoms with E-state index in [-0.39, 0.29) is 12.2 Å². The van der Waals surface area contributed by atoms with Gasteiger partial charge < -0.3 is 20.1 Å². The van der Waals surface area contributed by atoms with Crippen molar-refractivity contribution in [3.63, 3.8) is 0 Å². The van der Waals surface area contributed by atoms with E-state index >= 15 is 0 Å². The Bertz CT molecular complexity index is 425. The molecule has 0 atom stereocenters. The first kappa shape index (κ1) is 21.7. The molecule has 0 heterocycles. The molecule has 0 fully saturated rings. The summed E-state index contributed by atoms with van der Waals surface area (Å²) in [6, 6.07) is 0. The zero-order chi connectivity index (χ0) is 17.9. The van der Waals surface area contributed by atoms with Gasteiger partial charge >= 0.3 is 12.2 Å². The van der Waals surface area contributed by atoms with Gasteiger partial charge in [-0.15, -0.1) is 0 Å². The Morgan fingerprint density at radius 1 is 0.750 bits per heavy atom. The fourth-order valence-electron chi connectivity index (χ4n) is 1.56. The molecule has 6 nitrogen and oxygen atoms in total. The highest BCUT2D eigenvalue weighted by atomic mass is 16.6. The summed E-state index contributed by atoms with van der Waals surface area (Å²) in [5, 5.41) is 5.13. The highest BCUT2D eigenvalue weighted by molar-refractivity contribution is 5.67. The van der Waals surface area contributed by atoms with E-state index in [0.717, 1.165) is 38.5 Å². The van der Waals surface area contributed by atoms with Crippen molar-refractivity contribution in [3.05, 3.63) is 0 Å². The van der Waals surface area contributed by atoms with Crippen molar-refractivity contribution in [3.8, 4) is 23.7 Å². The first-order chi connectivity index (χ1) is 11.7. The molecule has 0 aliphatic rings. The number of nitrogens with one attached hydrogen (secondary N) is 2. The molecule has 0 aromatic carbocycles. The highest BCUT2D eigenvalue weighted by Gasteiger charge is 1.98. The lowest BCUT2D eigenvalue weighted by Gasteiger charge is -2.03. The van der Waals surface area contributed by atoms with E-state index in [1.165, 1.54) is 0 Å². The largest absolute Gasteiger partial charge is 0.450 e. The molecule has 0 aliphatic heterocycles. The minimum absolute atomic E-state index is 0.370. The molecule has 24 heavy (non-hydrogen) atoms. The average molecular weight is 336 g/mol. The van der Waals surface area contributed by atoms with Crippen molar-refractivity contribution >= 4 is 12.2 Å². The number of rotatable bonds is 10. The Kier molecular flexibility index (Phi) is 15.4. The fraction of sp³-hybridized carbons (Fsp3) is 0.667. The molecular weight excluding hydrogens is 308 g/mol. The van der Waals surface area contributed by atoms with Crippen LogP contribution >= 0.6 is 0 Å². The number of ether oxygens (including phenoxy) is 2. The SMILES string of the molecule is CCNC(=O)OCCCCC#CC#CCCCCOC(=O)NCC. The van der Waals surface area contributed by atoms with Gasteiger partial charge in [0.2, 0.25) is 0 Å². The number of unbranched alkanes of at least 4 members (excludes halogenated alkanes) is 4. The standard InChI is InChI=1S/C18H28N2O4/c1-3-19-17(21)23-15-13-11-9-7-5-6-8-10-12-14-16-24-18(22)20-4-2/h3-4,9-16H2,1-2H3,(H,19,21)(H,20,22). The molecule has 0 radical (unpaired) electrons. The smallest absolute Gasteiger partial charge is 0.407 e. The number of carbonyl (C=O) groups is 2. The van der Waals surface area contributed by atoms with Crippen molar-refractivity contribution in [1.29, 1.82) is 0 Å². The molecule has 0 bridgehead atoms. The molecular formula is C18H28N2O4. The van der Waals surface area contributed by atoms with Gasteiger partial charge in [-0.2, -0.15) is 0 Å². The molecule has 0 unspecified atom stereocenters. The number of hydrogen-bond donors (Lipinski definition) is 2. The second-order valence-electron chi connectivity index (χ2n) is 4.85. The molecule has 0 saturated carbocycles. The van der Waals surface area contributed by atoms with E-state index in [1.807, 2.05) is 13.8 Å². The lowest BCUT2D eigenvalue weighted by Crippen LogP contribution is -2.23. The predicted molar refractivity (Wildman–Crippen MR) is 93.3 cm³/mol. The number of carbonyl (C=O) groups excluding carboxylic acids is 2. The summed E-state index contributed by atoms with van der Waals surface area (Å²) in [6.45, 7) is 5.67. The molecule has 0 rings (SSSR count). The summed E-state index contributed by atoms with van der Waals surface area (Å²) >= 11 is 0. The molecule has 0 aromatic heterocycles. The molecule has 2 N–H and O–H groups in total. The lowest BCUT2D eigenvalue weighted by atomic mass is 10.2. The van der Waals surface area contributed by atoms with Crippen molar-refractivity contribution < 1.29 is 19.1 Å². The number of alkyl carbamates (subject to hydrolysis) is 2. The summed E-state index contributed by atoms with van der Waals surface area (Å²) in [5.41, 5.74) is 0. The molecule has 0 aromatic rings. The van der Waals surface area contributed by atoms with E-state index < -0.39 is 0 Å². The normalized spacial score (nSPS) is 8.92. The Balaban J connectivity index is 3.43. The predicted octanol–water partition coefficient (Wildman–Crippen LogP) is 2.83.